The maximum atomic E-state index is 13.8. The van der Waals surface area contributed by atoms with Gasteiger partial charge in [0.05, 0.1) is 16.9 Å². The molecule has 1 aliphatic carbocycles. The van der Waals surface area contributed by atoms with E-state index in [0.717, 1.165) is 42.3 Å². The highest BCUT2D eigenvalue weighted by Gasteiger charge is 2.33. The molecule has 0 bridgehead atoms. The summed E-state index contributed by atoms with van der Waals surface area (Å²) in [6.45, 7) is 1.02. The molecule has 1 aliphatic rings. The number of anilines is 1. The van der Waals surface area contributed by atoms with Crippen LogP contribution in [0, 0.1) is 10.1 Å². The topological polar surface area (TPSA) is 130 Å². The van der Waals surface area contributed by atoms with Gasteiger partial charge in [-0.05, 0) is 43.0 Å². The number of rotatable bonds is 11. The molecule has 1 saturated carbocycles. The van der Waals surface area contributed by atoms with E-state index >= 15 is 0 Å². The number of carbonyl (C=O) groups excluding carboxylic acids is 2. The summed E-state index contributed by atoms with van der Waals surface area (Å²) in [5, 5.41) is 15.0. The van der Waals surface area contributed by atoms with E-state index < -0.39 is 33.4 Å². The van der Waals surface area contributed by atoms with Crippen molar-refractivity contribution in [1.82, 2.24) is 10.2 Å². The Labute approximate surface area is 232 Å². The van der Waals surface area contributed by atoms with Crippen LogP contribution < -0.4 is 9.62 Å². The predicted molar refractivity (Wildman–Crippen MR) is 147 cm³/mol. The Kier molecular flexibility index (Phi) is 9.97. The van der Waals surface area contributed by atoms with Gasteiger partial charge in [-0.25, -0.2) is 8.42 Å². The summed E-state index contributed by atoms with van der Waals surface area (Å²) >= 11 is 12.4. The fourth-order valence-electron chi connectivity index (χ4n) is 4.50. The van der Waals surface area contributed by atoms with Crippen LogP contribution in [-0.2, 0) is 26.2 Å². The smallest absolute Gasteiger partial charge is 0.271 e. The van der Waals surface area contributed by atoms with Crippen LogP contribution >= 0.6 is 23.2 Å². The zero-order chi connectivity index (χ0) is 28.0. The minimum absolute atomic E-state index is 0.0185. The number of nitrogens with one attached hydrogen (secondary N) is 1. The van der Waals surface area contributed by atoms with Gasteiger partial charge in [-0.15, -0.1) is 0 Å². The van der Waals surface area contributed by atoms with Crippen molar-refractivity contribution in [2.45, 2.75) is 57.7 Å². The maximum Gasteiger partial charge on any atom is 0.271 e. The fourth-order valence-corrected chi connectivity index (χ4v) is 5.81. The Balaban J connectivity index is 1.97. The summed E-state index contributed by atoms with van der Waals surface area (Å²) in [5.41, 5.74) is 0.163. The van der Waals surface area contributed by atoms with Gasteiger partial charge < -0.3 is 10.2 Å². The van der Waals surface area contributed by atoms with Crippen LogP contribution in [0.1, 0.15) is 44.6 Å². The summed E-state index contributed by atoms with van der Waals surface area (Å²) in [7, 11) is -4.03. The Morgan fingerprint density at radius 3 is 2.42 bits per heavy atom. The molecular weight excluding hydrogens is 555 g/mol. The number of amides is 2. The third kappa shape index (κ3) is 7.58. The molecule has 13 heteroatoms. The zero-order valence-electron chi connectivity index (χ0n) is 21.1. The number of halogens is 2. The summed E-state index contributed by atoms with van der Waals surface area (Å²) < 4.78 is 26.2. The van der Waals surface area contributed by atoms with Crippen LogP contribution in [0.15, 0.2) is 42.5 Å². The predicted octanol–water partition coefficient (Wildman–Crippen LogP) is 4.53. The summed E-state index contributed by atoms with van der Waals surface area (Å²) in [4.78, 5) is 39.0. The van der Waals surface area contributed by atoms with Crippen molar-refractivity contribution >= 4 is 56.4 Å². The second-order valence-electron chi connectivity index (χ2n) is 9.22. The molecule has 0 aromatic heterocycles. The van der Waals surface area contributed by atoms with Gasteiger partial charge in [0, 0.05) is 34.8 Å². The van der Waals surface area contributed by atoms with Crippen LogP contribution in [0.3, 0.4) is 0 Å². The van der Waals surface area contributed by atoms with E-state index in [2.05, 4.69) is 5.32 Å². The average molecular weight is 586 g/mol. The summed E-state index contributed by atoms with van der Waals surface area (Å²) in [6, 6.07) is 8.90. The first-order valence-electron chi connectivity index (χ1n) is 12.2. The maximum absolute atomic E-state index is 13.8. The number of non-ortho nitro benzene ring substituents is 1. The standard InChI is InChI=1S/C25H30Cl2N4O6S/c1-3-23(25(33)28-19-7-4-5-8-19)29(15-17-11-12-18(26)13-22(17)27)24(32)16-30(38(2,36)37)20-9-6-10-21(14-20)31(34)35/h6,9-14,19,23H,3-5,7-8,15-16H2,1-2H3,(H,28,33). The van der Waals surface area contributed by atoms with Gasteiger partial charge in [0.15, 0.2) is 0 Å². The number of nitro benzene ring substituents is 1. The molecule has 1 fully saturated rings. The van der Waals surface area contributed by atoms with Crippen molar-refractivity contribution in [2.24, 2.45) is 0 Å². The lowest BCUT2D eigenvalue weighted by molar-refractivity contribution is -0.384. The molecule has 10 nitrogen and oxygen atoms in total. The molecule has 1 atom stereocenters. The molecule has 2 amide bonds. The van der Waals surface area contributed by atoms with Gasteiger partial charge in [-0.1, -0.05) is 55.1 Å². The van der Waals surface area contributed by atoms with Gasteiger partial charge in [0.2, 0.25) is 21.8 Å². The number of nitrogens with zero attached hydrogens (tertiary/aromatic N) is 3. The zero-order valence-corrected chi connectivity index (χ0v) is 23.4. The first kappa shape index (κ1) is 29.7. The van der Waals surface area contributed by atoms with Crippen molar-refractivity contribution in [2.75, 3.05) is 17.1 Å². The van der Waals surface area contributed by atoms with E-state index in [4.69, 9.17) is 23.2 Å². The van der Waals surface area contributed by atoms with Gasteiger partial charge >= 0.3 is 0 Å². The second-order valence-corrected chi connectivity index (χ2v) is 12.0. The lowest BCUT2D eigenvalue weighted by atomic mass is 10.1. The normalized spacial score (nSPS) is 14.6. The van der Waals surface area contributed by atoms with Crippen LogP contribution in [-0.4, -0.2) is 54.9 Å². The molecule has 1 unspecified atom stereocenters. The van der Waals surface area contributed by atoms with E-state index in [1.807, 2.05) is 0 Å². The van der Waals surface area contributed by atoms with Crippen molar-refractivity contribution in [3.05, 3.63) is 68.2 Å². The molecule has 2 aromatic rings. The van der Waals surface area contributed by atoms with E-state index in [1.165, 1.54) is 29.2 Å². The fraction of sp³-hybridized carbons (Fsp3) is 0.440. The van der Waals surface area contributed by atoms with E-state index in [-0.39, 0.29) is 36.3 Å². The Morgan fingerprint density at radius 1 is 1.16 bits per heavy atom. The van der Waals surface area contributed by atoms with E-state index in [9.17, 15) is 28.1 Å². The molecule has 0 spiro atoms. The van der Waals surface area contributed by atoms with E-state index in [1.54, 1.807) is 19.1 Å². The third-order valence-electron chi connectivity index (χ3n) is 6.45. The van der Waals surface area contributed by atoms with Crippen LogP contribution in [0.2, 0.25) is 10.0 Å². The second kappa shape index (κ2) is 12.8. The van der Waals surface area contributed by atoms with Gasteiger partial charge in [-0.2, -0.15) is 0 Å². The lowest BCUT2D eigenvalue weighted by Crippen LogP contribution is -2.53. The van der Waals surface area contributed by atoms with Crippen LogP contribution in [0.5, 0.6) is 0 Å². The van der Waals surface area contributed by atoms with Crippen molar-refractivity contribution in [1.29, 1.82) is 0 Å². The molecule has 38 heavy (non-hydrogen) atoms. The van der Waals surface area contributed by atoms with E-state index in [0.29, 0.717) is 15.6 Å². The quantitative estimate of drug-likeness (QED) is 0.305. The highest BCUT2D eigenvalue weighted by molar-refractivity contribution is 7.92. The molecule has 0 aliphatic heterocycles. The molecule has 0 heterocycles. The molecule has 3 rings (SSSR count). The highest BCUT2D eigenvalue weighted by Crippen LogP contribution is 2.27. The molecular formula is C25H30Cl2N4O6S. The van der Waals surface area contributed by atoms with Crippen molar-refractivity contribution < 1.29 is 22.9 Å². The third-order valence-corrected chi connectivity index (χ3v) is 8.18. The molecule has 206 valence electrons. The summed E-state index contributed by atoms with van der Waals surface area (Å²) in [6.07, 6.45) is 4.91. The first-order valence-corrected chi connectivity index (χ1v) is 14.8. The number of hydrogen-bond donors (Lipinski definition) is 1. The van der Waals surface area contributed by atoms with Crippen molar-refractivity contribution in [3.8, 4) is 0 Å². The Bertz CT molecular complexity index is 1300. The lowest BCUT2D eigenvalue weighted by Gasteiger charge is -2.33. The number of sulfonamides is 1. The highest BCUT2D eigenvalue weighted by atomic mass is 35.5. The molecule has 2 aromatic carbocycles. The number of hydrogen-bond acceptors (Lipinski definition) is 6. The van der Waals surface area contributed by atoms with Crippen LogP contribution in [0.4, 0.5) is 11.4 Å². The molecule has 0 saturated heterocycles. The monoisotopic (exact) mass is 584 g/mol. The first-order chi connectivity index (χ1) is 17.9. The Hall–Kier alpha value is -2.89. The van der Waals surface area contributed by atoms with Crippen molar-refractivity contribution in [3.63, 3.8) is 0 Å². The minimum Gasteiger partial charge on any atom is -0.352 e. The number of nitro groups is 1. The largest absolute Gasteiger partial charge is 0.352 e. The van der Waals surface area contributed by atoms with Gasteiger partial charge in [-0.3, -0.25) is 24.0 Å². The summed E-state index contributed by atoms with van der Waals surface area (Å²) in [5.74, 6) is -1.000. The van der Waals surface area contributed by atoms with Gasteiger partial charge in [0.1, 0.15) is 12.6 Å². The molecule has 0 radical (unpaired) electrons. The Morgan fingerprint density at radius 2 is 1.84 bits per heavy atom. The number of benzene rings is 2. The minimum atomic E-state index is -4.03. The van der Waals surface area contributed by atoms with Gasteiger partial charge in [0.25, 0.3) is 5.69 Å². The van der Waals surface area contributed by atoms with Crippen LogP contribution in [0.25, 0.3) is 0 Å². The molecule has 1 N–H and O–H groups in total. The average Bonchev–Trinajstić information content (AvgIpc) is 3.36. The number of carbonyl (C=O) groups is 2. The SMILES string of the molecule is CCC(C(=O)NC1CCCC1)N(Cc1ccc(Cl)cc1Cl)C(=O)CN(c1cccc([N+](=O)[O-])c1)S(C)(=O)=O.